The fourth-order valence-corrected chi connectivity index (χ4v) is 1.63. The second kappa shape index (κ2) is 5.38. The highest BCUT2D eigenvalue weighted by molar-refractivity contribution is 5.35. The summed E-state index contributed by atoms with van der Waals surface area (Å²) in [5.41, 5.74) is 0.982. The Kier molecular flexibility index (Phi) is 3.64. The minimum Gasteiger partial charge on any atom is -0.370 e. The Morgan fingerprint density at radius 3 is 2.88 bits per heavy atom. The summed E-state index contributed by atoms with van der Waals surface area (Å²) in [5.74, 6) is 2.59. The summed E-state index contributed by atoms with van der Waals surface area (Å²) in [6.07, 6.45) is 3.40. The van der Waals surface area contributed by atoms with Gasteiger partial charge >= 0.3 is 0 Å². The zero-order valence-corrected chi connectivity index (χ0v) is 10.1. The standard InChI is InChI=1S/C11H16N6/c1-8-6-11(16-9(2)15-8)12-5-3-4-10-13-7-14-17-10/h6-7H,3-5H2,1-2H3,(H,12,15,16)(H,13,14,17). The van der Waals surface area contributed by atoms with Crippen LogP contribution in [0.2, 0.25) is 0 Å². The number of aromatic amines is 1. The number of aryl methyl sites for hydroxylation is 3. The van der Waals surface area contributed by atoms with Gasteiger partial charge in [0.05, 0.1) is 0 Å². The molecule has 0 fully saturated rings. The Labute approximate surface area is 99.9 Å². The first-order chi connectivity index (χ1) is 8.24. The lowest BCUT2D eigenvalue weighted by molar-refractivity contribution is 0.802. The van der Waals surface area contributed by atoms with Crippen LogP contribution in [0.3, 0.4) is 0 Å². The van der Waals surface area contributed by atoms with E-state index >= 15 is 0 Å². The van der Waals surface area contributed by atoms with Crippen LogP contribution < -0.4 is 5.32 Å². The van der Waals surface area contributed by atoms with Gasteiger partial charge in [-0.1, -0.05) is 0 Å². The summed E-state index contributed by atoms with van der Waals surface area (Å²) in [6.45, 7) is 4.72. The third-order valence-corrected chi connectivity index (χ3v) is 2.33. The average Bonchev–Trinajstić information content (AvgIpc) is 2.76. The molecule has 0 unspecified atom stereocenters. The van der Waals surface area contributed by atoms with E-state index in [0.29, 0.717) is 0 Å². The maximum Gasteiger partial charge on any atom is 0.137 e. The highest BCUT2D eigenvalue weighted by Gasteiger charge is 1.99. The molecule has 0 saturated heterocycles. The van der Waals surface area contributed by atoms with Crippen LogP contribution in [-0.2, 0) is 6.42 Å². The van der Waals surface area contributed by atoms with Crippen molar-refractivity contribution in [3.8, 4) is 0 Å². The molecule has 0 bridgehead atoms. The topological polar surface area (TPSA) is 79.4 Å². The lowest BCUT2D eigenvalue weighted by Crippen LogP contribution is -2.06. The molecule has 0 aromatic carbocycles. The first kappa shape index (κ1) is 11.5. The van der Waals surface area contributed by atoms with Crippen molar-refractivity contribution in [1.82, 2.24) is 25.1 Å². The molecular formula is C11H16N6. The van der Waals surface area contributed by atoms with Gasteiger partial charge in [0.1, 0.15) is 23.8 Å². The van der Waals surface area contributed by atoms with Crippen LogP contribution in [0.1, 0.15) is 23.8 Å². The first-order valence-electron chi connectivity index (χ1n) is 5.64. The molecule has 0 atom stereocenters. The molecular weight excluding hydrogens is 216 g/mol. The molecule has 0 amide bonds. The monoisotopic (exact) mass is 232 g/mol. The van der Waals surface area contributed by atoms with Crippen molar-refractivity contribution >= 4 is 5.82 Å². The molecule has 2 aromatic rings. The summed E-state index contributed by atoms with van der Waals surface area (Å²) in [6, 6.07) is 1.95. The van der Waals surface area contributed by atoms with Gasteiger partial charge < -0.3 is 5.32 Å². The molecule has 0 aliphatic carbocycles. The van der Waals surface area contributed by atoms with Gasteiger partial charge in [-0.05, 0) is 20.3 Å². The van der Waals surface area contributed by atoms with Crippen LogP contribution in [0.5, 0.6) is 0 Å². The van der Waals surface area contributed by atoms with E-state index < -0.39 is 0 Å². The number of nitrogens with zero attached hydrogens (tertiary/aromatic N) is 4. The largest absolute Gasteiger partial charge is 0.370 e. The van der Waals surface area contributed by atoms with Crippen molar-refractivity contribution in [3.05, 3.63) is 29.7 Å². The molecule has 6 nitrogen and oxygen atoms in total. The van der Waals surface area contributed by atoms with Gasteiger partial charge in [0.25, 0.3) is 0 Å². The third-order valence-electron chi connectivity index (χ3n) is 2.33. The molecule has 90 valence electrons. The van der Waals surface area contributed by atoms with E-state index in [1.165, 1.54) is 6.33 Å². The Balaban J connectivity index is 1.78. The highest BCUT2D eigenvalue weighted by Crippen LogP contribution is 2.05. The van der Waals surface area contributed by atoms with E-state index in [2.05, 4.69) is 30.5 Å². The van der Waals surface area contributed by atoms with Gasteiger partial charge in [-0.3, -0.25) is 5.10 Å². The number of H-pyrrole nitrogens is 1. The van der Waals surface area contributed by atoms with Crippen molar-refractivity contribution < 1.29 is 0 Å². The van der Waals surface area contributed by atoms with Gasteiger partial charge in [0.15, 0.2) is 0 Å². The number of nitrogens with one attached hydrogen (secondary N) is 2. The van der Waals surface area contributed by atoms with E-state index in [0.717, 1.165) is 42.5 Å². The zero-order chi connectivity index (χ0) is 12.1. The normalized spacial score (nSPS) is 10.5. The summed E-state index contributed by atoms with van der Waals surface area (Å²) >= 11 is 0. The SMILES string of the molecule is Cc1cc(NCCCc2ncn[nH]2)nc(C)n1. The quantitative estimate of drug-likeness (QED) is 0.758. The molecule has 0 saturated carbocycles. The van der Waals surface area contributed by atoms with Crippen LogP contribution >= 0.6 is 0 Å². The molecule has 0 radical (unpaired) electrons. The van der Waals surface area contributed by atoms with Crippen molar-refractivity contribution in [2.45, 2.75) is 26.7 Å². The minimum atomic E-state index is 0.794. The summed E-state index contributed by atoms with van der Waals surface area (Å²) < 4.78 is 0. The minimum absolute atomic E-state index is 0.794. The van der Waals surface area contributed by atoms with E-state index in [-0.39, 0.29) is 0 Å². The Morgan fingerprint density at radius 1 is 1.29 bits per heavy atom. The predicted molar refractivity (Wildman–Crippen MR) is 64.7 cm³/mol. The second-order valence-corrected chi connectivity index (χ2v) is 3.90. The van der Waals surface area contributed by atoms with E-state index in [1.54, 1.807) is 0 Å². The molecule has 2 rings (SSSR count). The Hall–Kier alpha value is -1.98. The average molecular weight is 232 g/mol. The molecule has 6 heteroatoms. The first-order valence-corrected chi connectivity index (χ1v) is 5.64. The Morgan fingerprint density at radius 2 is 2.18 bits per heavy atom. The van der Waals surface area contributed by atoms with E-state index in [9.17, 15) is 0 Å². The van der Waals surface area contributed by atoms with Crippen molar-refractivity contribution in [2.24, 2.45) is 0 Å². The maximum atomic E-state index is 4.31. The number of rotatable bonds is 5. The van der Waals surface area contributed by atoms with Crippen LogP contribution in [0, 0.1) is 13.8 Å². The number of hydrogen-bond acceptors (Lipinski definition) is 5. The molecule has 17 heavy (non-hydrogen) atoms. The Bertz CT molecular complexity index is 445. The number of hydrogen-bond donors (Lipinski definition) is 2. The molecule has 2 heterocycles. The van der Waals surface area contributed by atoms with Crippen molar-refractivity contribution in [3.63, 3.8) is 0 Å². The molecule has 0 aliphatic heterocycles. The summed E-state index contributed by atoms with van der Waals surface area (Å²) in [7, 11) is 0. The number of aromatic nitrogens is 5. The number of anilines is 1. The van der Waals surface area contributed by atoms with Crippen molar-refractivity contribution in [1.29, 1.82) is 0 Å². The third kappa shape index (κ3) is 3.51. The second-order valence-electron chi connectivity index (χ2n) is 3.90. The van der Waals surface area contributed by atoms with Crippen LogP contribution in [-0.4, -0.2) is 31.7 Å². The predicted octanol–water partition coefficient (Wildman–Crippen LogP) is 1.26. The fraction of sp³-hybridized carbons (Fsp3) is 0.455. The van der Waals surface area contributed by atoms with Crippen molar-refractivity contribution in [2.75, 3.05) is 11.9 Å². The molecule has 0 aliphatic rings. The van der Waals surface area contributed by atoms with Crippen LogP contribution in [0.4, 0.5) is 5.82 Å². The lowest BCUT2D eigenvalue weighted by Gasteiger charge is -2.06. The van der Waals surface area contributed by atoms with E-state index in [1.807, 2.05) is 19.9 Å². The van der Waals surface area contributed by atoms with Gasteiger partial charge in [0.2, 0.25) is 0 Å². The lowest BCUT2D eigenvalue weighted by atomic mass is 10.3. The van der Waals surface area contributed by atoms with Gasteiger partial charge in [-0.25, -0.2) is 15.0 Å². The molecule has 2 N–H and O–H groups in total. The van der Waals surface area contributed by atoms with Gasteiger partial charge in [-0.15, -0.1) is 0 Å². The maximum absolute atomic E-state index is 4.31. The van der Waals surface area contributed by atoms with Gasteiger partial charge in [-0.2, -0.15) is 5.10 Å². The van der Waals surface area contributed by atoms with Crippen LogP contribution in [0.25, 0.3) is 0 Å². The fourth-order valence-electron chi connectivity index (χ4n) is 1.63. The smallest absolute Gasteiger partial charge is 0.137 e. The summed E-state index contributed by atoms with van der Waals surface area (Å²) in [4.78, 5) is 12.6. The van der Waals surface area contributed by atoms with E-state index in [4.69, 9.17) is 0 Å². The summed E-state index contributed by atoms with van der Waals surface area (Å²) in [5, 5.41) is 9.92. The highest BCUT2D eigenvalue weighted by atomic mass is 15.2. The molecule has 0 spiro atoms. The van der Waals surface area contributed by atoms with Crippen LogP contribution in [0.15, 0.2) is 12.4 Å². The zero-order valence-electron chi connectivity index (χ0n) is 10.1. The molecule has 2 aromatic heterocycles. The van der Waals surface area contributed by atoms with Gasteiger partial charge in [0, 0.05) is 24.7 Å².